The topological polar surface area (TPSA) is 94.6 Å². The number of hydrogen-bond acceptors (Lipinski definition) is 8. The molecule has 2 aromatic heterocycles. The highest BCUT2D eigenvalue weighted by Gasteiger charge is 2.26. The summed E-state index contributed by atoms with van der Waals surface area (Å²) in [5, 5.41) is 2.09. The molecule has 190 valence electrons. The van der Waals surface area contributed by atoms with Crippen LogP contribution in [0.5, 0.6) is 0 Å². The molecule has 8 heteroatoms. The van der Waals surface area contributed by atoms with Crippen LogP contribution in [0, 0.1) is 13.8 Å². The van der Waals surface area contributed by atoms with E-state index in [1.807, 2.05) is 20.8 Å². The first-order valence-corrected chi connectivity index (χ1v) is 13.9. The number of rotatable bonds is 4. The SMILES string of the molecule is CCC(=O)OC(=O)CC.CCC(=O)c1sc2c(c1C)C(=O)CCC2.Cc1csc2c1C(=O)CCC2. The second-order valence-corrected chi connectivity index (χ2v) is 10.5. The Hall–Kier alpha value is -2.45. The third-order valence-electron chi connectivity index (χ3n) is 5.82. The second-order valence-electron chi connectivity index (χ2n) is 8.45. The van der Waals surface area contributed by atoms with Gasteiger partial charge >= 0.3 is 11.9 Å². The molecule has 0 atom stereocenters. The lowest BCUT2D eigenvalue weighted by Crippen LogP contribution is -2.09. The molecule has 2 aliphatic rings. The predicted molar refractivity (Wildman–Crippen MR) is 139 cm³/mol. The van der Waals surface area contributed by atoms with Gasteiger partial charge < -0.3 is 4.74 Å². The van der Waals surface area contributed by atoms with Crippen molar-refractivity contribution in [2.75, 3.05) is 0 Å². The van der Waals surface area contributed by atoms with Gasteiger partial charge in [0.2, 0.25) is 0 Å². The molecule has 6 nitrogen and oxygen atoms in total. The highest BCUT2D eigenvalue weighted by Crippen LogP contribution is 2.34. The number of carbonyl (C=O) groups is 5. The van der Waals surface area contributed by atoms with Gasteiger partial charge in [0.15, 0.2) is 17.3 Å². The van der Waals surface area contributed by atoms with Crippen LogP contribution in [0.25, 0.3) is 0 Å². The van der Waals surface area contributed by atoms with Crippen molar-refractivity contribution in [3.05, 3.63) is 42.3 Å². The van der Waals surface area contributed by atoms with Crippen molar-refractivity contribution in [3.8, 4) is 0 Å². The summed E-state index contributed by atoms with van der Waals surface area (Å²) in [6.45, 7) is 9.08. The third-order valence-corrected chi connectivity index (χ3v) is 8.38. The van der Waals surface area contributed by atoms with E-state index in [9.17, 15) is 24.0 Å². The Morgan fingerprint density at radius 1 is 0.800 bits per heavy atom. The summed E-state index contributed by atoms with van der Waals surface area (Å²) in [7, 11) is 0. The molecule has 0 fully saturated rings. The number of fused-ring (bicyclic) bond motifs is 2. The molecule has 4 rings (SSSR count). The lowest BCUT2D eigenvalue weighted by Gasteiger charge is -2.09. The molecule has 0 radical (unpaired) electrons. The molecule has 0 amide bonds. The number of thiophene rings is 2. The monoisotopic (exact) mass is 518 g/mol. The summed E-state index contributed by atoms with van der Waals surface area (Å²) in [6.07, 6.45) is 6.49. The van der Waals surface area contributed by atoms with Gasteiger partial charge in [0.05, 0.1) is 4.88 Å². The summed E-state index contributed by atoms with van der Waals surface area (Å²) in [5.41, 5.74) is 3.98. The molecule has 0 saturated heterocycles. The van der Waals surface area contributed by atoms with E-state index in [2.05, 4.69) is 10.1 Å². The van der Waals surface area contributed by atoms with E-state index in [1.54, 1.807) is 25.2 Å². The Labute approximate surface area is 215 Å². The predicted octanol–water partition coefficient (Wildman–Crippen LogP) is 6.62. The second kappa shape index (κ2) is 13.6. The first kappa shape index (κ1) is 28.8. The average Bonchev–Trinajstić information content (AvgIpc) is 3.40. The Morgan fingerprint density at radius 3 is 1.83 bits per heavy atom. The summed E-state index contributed by atoms with van der Waals surface area (Å²) >= 11 is 3.26. The normalized spacial score (nSPS) is 14.0. The molecule has 0 N–H and O–H groups in total. The van der Waals surface area contributed by atoms with E-state index in [4.69, 9.17) is 0 Å². The van der Waals surface area contributed by atoms with Gasteiger partial charge in [-0.05, 0) is 56.0 Å². The first-order valence-electron chi connectivity index (χ1n) is 12.2. The maximum atomic E-state index is 11.7. The van der Waals surface area contributed by atoms with Crippen molar-refractivity contribution < 1.29 is 28.7 Å². The van der Waals surface area contributed by atoms with Gasteiger partial charge in [0.25, 0.3) is 0 Å². The van der Waals surface area contributed by atoms with Gasteiger partial charge in [0, 0.05) is 53.0 Å². The van der Waals surface area contributed by atoms with Crippen LogP contribution < -0.4 is 0 Å². The highest BCUT2D eigenvalue weighted by molar-refractivity contribution is 7.14. The zero-order valence-corrected chi connectivity index (χ0v) is 22.8. The lowest BCUT2D eigenvalue weighted by atomic mass is 9.94. The molecule has 35 heavy (non-hydrogen) atoms. The van der Waals surface area contributed by atoms with Gasteiger partial charge in [-0.25, -0.2) is 0 Å². The number of esters is 2. The largest absolute Gasteiger partial charge is 0.393 e. The minimum absolute atomic E-state index is 0.166. The zero-order chi connectivity index (χ0) is 26.1. The van der Waals surface area contributed by atoms with Crippen molar-refractivity contribution in [2.45, 2.75) is 92.4 Å². The Bertz CT molecular complexity index is 1090. The summed E-state index contributed by atoms with van der Waals surface area (Å²) in [5.74, 6) is -0.173. The van der Waals surface area contributed by atoms with E-state index in [0.717, 1.165) is 58.5 Å². The molecule has 2 heterocycles. The van der Waals surface area contributed by atoms with Crippen molar-refractivity contribution >= 4 is 52.0 Å². The van der Waals surface area contributed by atoms with E-state index >= 15 is 0 Å². The van der Waals surface area contributed by atoms with Crippen molar-refractivity contribution in [1.29, 1.82) is 0 Å². The van der Waals surface area contributed by atoms with E-state index < -0.39 is 11.9 Å². The van der Waals surface area contributed by atoms with Crippen LogP contribution in [-0.2, 0) is 27.2 Å². The number of ketones is 3. The quantitative estimate of drug-likeness (QED) is 0.256. The summed E-state index contributed by atoms with van der Waals surface area (Å²) in [6, 6.07) is 0. The Morgan fingerprint density at radius 2 is 1.34 bits per heavy atom. The van der Waals surface area contributed by atoms with Crippen molar-refractivity contribution in [2.24, 2.45) is 0 Å². The Kier molecular flexibility index (Phi) is 11.2. The van der Waals surface area contributed by atoms with Crippen LogP contribution >= 0.6 is 22.7 Å². The Balaban J connectivity index is 0.000000193. The molecule has 0 aromatic carbocycles. The van der Waals surface area contributed by atoms with Gasteiger partial charge in [-0.15, -0.1) is 22.7 Å². The van der Waals surface area contributed by atoms with Crippen LogP contribution in [0.1, 0.15) is 117 Å². The first-order chi connectivity index (χ1) is 16.6. The van der Waals surface area contributed by atoms with Gasteiger partial charge in [-0.2, -0.15) is 0 Å². The molecule has 2 aromatic rings. The molecule has 0 unspecified atom stereocenters. The van der Waals surface area contributed by atoms with Gasteiger partial charge in [-0.3, -0.25) is 24.0 Å². The number of ether oxygens (including phenoxy) is 1. The molecule has 0 aliphatic heterocycles. The molecular weight excluding hydrogens is 484 g/mol. The van der Waals surface area contributed by atoms with Crippen LogP contribution in [0.15, 0.2) is 5.38 Å². The number of carbonyl (C=O) groups excluding carboxylic acids is 5. The van der Waals surface area contributed by atoms with Crippen LogP contribution in [-0.4, -0.2) is 29.3 Å². The number of aryl methyl sites for hydroxylation is 3. The van der Waals surface area contributed by atoms with Crippen molar-refractivity contribution in [1.82, 2.24) is 0 Å². The van der Waals surface area contributed by atoms with Crippen molar-refractivity contribution in [3.63, 3.8) is 0 Å². The molecule has 2 aliphatic carbocycles. The number of Topliss-reactive ketones (excluding diaryl/α,β-unsaturated/α-hetero) is 3. The lowest BCUT2D eigenvalue weighted by molar-refractivity contribution is -0.159. The maximum Gasteiger partial charge on any atom is 0.313 e. The molecule has 0 spiro atoms. The van der Waals surface area contributed by atoms with Gasteiger partial charge in [0.1, 0.15) is 0 Å². The maximum absolute atomic E-state index is 11.7. The van der Waals surface area contributed by atoms with E-state index in [1.165, 1.54) is 21.8 Å². The number of hydrogen-bond donors (Lipinski definition) is 0. The fraction of sp³-hybridized carbons (Fsp3) is 0.519. The smallest absolute Gasteiger partial charge is 0.313 e. The molecular formula is C27H34O6S2. The average molecular weight is 519 g/mol. The standard InChI is InChI=1S/C12H14O2S.C9H10OS.C6H10O3/c1-3-8(13)12-7(2)11-9(14)5-4-6-10(11)15-12;1-6-5-11-8-4-2-3-7(10)9(6)8;1-3-5(7)9-6(8)4-2/h3-6H2,1-2H3;5H,2-4H2,1H3;3-4H2,1-2H3. The highest BCUT2D eigenvalue weighted by atomic mass is 32.1. The molecule has 0 saturated carbocycles. The van der Waals surface area contributed by atoms with Crippen LogP contribution in [0.4, 0.5) is 0 Å². The summed E-state index contributed by atoms with van der Waals surface area (Å²) < 4.78 is 4.27. The van der Waals surface area contributed by atoms with Crippen LogP contribution in [0.2, 0.25) is 0 Å². The fourth-order valence-electron chi connectivity index (χ4n) is 3.94. The van der Waals surface area contributed by atoms with E-state index in [0.29, 0.717) is 18.6 Å². The minimum Gasteiger partial charge on any atom is -0.393 e. The third kappa shape index (κ3) is 7.51. The van der Waals surface area contributed by atoms with Crippen LogP contribution in [0.3, 0.4) is 0 Å². The summed E-state index contributed by atoms with van der Waals surface area (Å²) in [4.78, 5) is 58.7. The van der Waals surface area contributed by atoms with E-state index in [-0.39, 0.29) is 24.4 Å². The fourth-order valence-corrected chi connectivity index (χ4v) is 6.40. The zero-order valence-electron chi connectivity index (χ0n) is 21.2. The minimum atomic E-state index is -0.457. The van der Waals surface area contributed by atoms with Gasteiger partial charge in [-0.1, -0.05) is 20.8 Å². The molecule has 0 bridgehead atoms.